The number of halogens is 1. The lowest BCUT2D eigenvalue weighted by molar-refractivity contribution is -0.121. The minimum Gasteiger partial charge on any atom is -0.492 e. The summed E-state index contributed by atoms with van der Waals surface area (Å²) >= 11 is 3.51. The van der Waals surface area contributed by atoms with Gasteiger partial charge in [0.15, 0.2) is 0 Å². The highest BCUT2D eigenvalue weighted by atomic mass is 79.9. The average molecular weight is 355 g/mol. The number of amides is 1. The fraction of sp³-hybridized carbons (Fsp3) is 0.562. The quantitative estimate of drug-likeness (QED) is 0.754. The number of ether oxygens (including phenoxy) is 1. The maximum Gasteiger partial charge on any atom is 0.223 e. The van der Waals surface area contributed by atoms with Gasteiger partial charge in [-0.1, -0.05) is 19.1 Å². The van der Waals surface area contributed by atoms with E-state index in [4.69, 9.17) is 10.5 Å². The van der Waals surface area contributed by atoms with Crippen LogP contribution in [0.25, 0.3) is 0 Å². The Kier molecular flexibility index (Phi) is 6.06. The summed E-state index contributed by atoms with van der Waals surface area (Å²) in [5, 5.41) is 2.96. The molecule has 1 saturated carbocycles. The maximum atomic E-state index is 11.7. The van der Waals surface area contributed by atoms with Gasteiger partial charge in [-0.25, -0.2) is 0 Å². The van der Waals surface area contributed by atoms with Crippen molar-refractivity contribution in [2.24, 2.45) is 5.73 Å². The Hall–Kier alpha value is -1.07. The van der Waals surface area contributed by atoms with Crippen molar-refractivity contribution >= 4 is 21.8 Å². The lowest BCUT2D eigenvalue weighted by Crippen LogP contribution is -2.27. The Morgan fingerprint density at radius 3 is 2.95 bits per heavy atom. The van der Waals surface area contributed by atoms with Crippen molar-refractivity contribution in [1.29, 1.82) is 0 Å². The molecule has 1 unspecified atom stereocenters. The summed E-state index contributed by atoms with van der Waals surface area (Å²) in [6.45, 7) is 2.46. The lowest BCUT2D eigenvalue weighted by atomic mass is 10.0. The van der Waals surface area contributed by atoms with Crippen molar-refractivity contribution in [2.45, 2.75) is 51.1 Å². The Balaban J connectivity index is 1.89. The van der Waals surface area contributed by atoms with E-state index in [0.29, 0.717) is 19.1 Å². The molecule has 1 aliphatic carbocycles. The Morgan fingerprint density at radius 2 is 2.29 bits per heavy atom. The molecule has 21 heavy (non-hydrogen) atoms. The summed E-state index contributed by atoms with van der Waals surface area (Å²) in [5.41, 5.74) is 7.11. The first-order valence-corrected chi connectivity index (χ1v) is 8.34. The van der Waals surface area contributed by atoms with Crippen molar-refractivity contribution in [3.05, 3.63) is 28.2 Å². The Labute approximate surface area is 134 Å². The van der Waals surface area contributed by atoms with Gasteiger partial charge in [-0.05, 0) is 53.2 Å². The van der Waals surface area contributed by atoms with Crippen LogP contribution >= 0.6 is 15.9 Å². The molecular formula is C16H23BrN2O2. The van der Waals surface area contributed by atoms with Crippen LogP contribution in [0.4, 0.5) is 0 Å². The average Bonchev–Trinajstić information content (AvgIpc) is 3.25. The van der Waals surface area contributed by atoms with E-state index in [9.17, 15) is 4.79 Å². The lowest BCUT2D eigenvalue weighted by Gasteiger charge is -2.16. The van der Waals surface area contributed by atoms with Gasteiger partial charge in [-0.3, -0.25) is 4.79 Å². The summed E-state index contributed by atoms with van der Waals surface area (Å²) in [6, 6.07) is 6.48. The third-order valence-corrected chi connectivity index (χ3v) is 4.20. The molecule has 4 nitrogen and oxygen atoms in total. The highest BCUT2D eigenvalue weighted by molar-refractivity contribution is 9.10. The van der Waals surface area contributed by atoms with Gasteiger partial charge in [-0.2, -0.15) is 0 Å². The van der Waals surface area contributed by atoms with Gasteiger partial charge < -0.3 is 15.8 Å². The predicted octanol–water partition coefficient (Wildman–Crippen LogP) is 2.78. The van der Waals surface area contributed by atoms with E-state index in [-0.39, 0.29) is 11.9 Å². The van der Waals surface area contributed by atoms with Gasteiger partial charge in [0.25, 0.3) is 0 Å². The largest absolute Gasteiger partial charge is 0.492 e. The van der Waals surface area contributed by atoms with Gasteiger partial charge in [0.05, 0.1) is 17.5 Å². The molecule has 1 aromatic rings. The second-order valence-electron chi connectivity index (χ2n) is 5.54. The summed E-state index contributed by atoms with van der Waals surface area (Å²) in [7, 11) is 0. The summed E-state index contributed by atoms with van der Waals surface area (Å²) in [6.07, 6.45) is 4.30. The zero-order valence-electron chi connectivity index (χ0n) is 12.4. The van der Waals surface area contributed by atoms with Gasteiger partial charge in [0.1, 0.15) is 5.75 Å². The zero-order valence-corrected chi connectivity index (χ0v) is 14.0. The van der Waals surface area contributed by atoms with Gasteiger partial charge in [0, 0.05) is 12.1 Å². The van der Waals surface area contributed by atoms with Crippen molar-refractivity contribution in [3.63, 3.8) is 0 Å². The molecule has 1 aromatic carbocycles. The predicted molar refractivity (Wildman–Crippen MR) is 87.4 cm³/mol. The van der Waals surface area contributed by atoms with E-state index in [2.05, 4.69) is 28.2 Å². The summed E-state index contributed by atoms with van der Waals surface area (Å²) in [4.78, 5) is 11.7. The molecule has 1 amide bonds. The van der Waals surface area contributed by atoms with Crippen LogP contribution in [-0.4, -0.2) is 24.6 Å². The van der Waals surface area contributed by atoms with E-state index >= 15 is 0 Å². The number of hydrogen-bond acceptors (Lipinski definition) is 3. The summed E-state index contributed by atoms with van der Waals surface area (Å²) < 4.78 is 6.73. The zero-order chi connectivity index (χ0) is 15.2. The molecule has 1 atom stereocenters. The Morgan fingerprint density at radius 1 is 1.52 bits per heavy atom. The number of hydrogen-bond donors (Lipinski definition) is 2. The minimum atomic E-state index is 0.0661. The first kappa shape index (κ1) is 16.3. The normalized spacial score (nSPS) is 15.6. The maximum absolute atomic E-state index is 11.7. The van der Waals surface area contributed by atoms with E-state index in [1.807, 2.05) is 18.2 Å². The van der Waals surface area contributed by atoms with Crippen LogP contribution in [0.5, 0.6) is 5.75 Å². The smallest absolute Gasteiger partial charge is 0.223 e. The van der Waals surface area contributed by atoms with Crippen molar-refractivity contribution in [1.82, 2.24) is 5.32 Å². The molecule has 0 spiro atoms. The van der Waals surface area contributed by atoms with E-state index in [1.54, 1.807) is 0 Å². The number of carbonyl (C=O) groups is 1. The molecule has 3 N–H and O–H groups in total. The van der Waals surface area contributed by atoms with Crippen LogP contribution in [0.2, 0.25) is 0 Å². The molecule has 5 heteroatoms. The molecule has 1 aliphatic rings. The molecule has 0 heterocycles. The van der Waals surface area contributed by atoms with Crippen molar-refractivity contribution < 1.29 is 9.53 Å². The van der Waals surface area contributed by atoms with E-state index < -0.39 is 0 Å². The molecule has 1 fully saturated rings. The second kappa shape index (κ2) is 7.80. The minimum absolute atomic E-state index is 0.0661. The van der Waals surface area contributed by atoms with Crippen LogP contribution in [0, 0.1) is 0 Å². The van der Waals surface area contributed by atoms with Crippen LogP contribution in [0.1, 0.15) is 38.2 Å². The molecule has 2 rings (SSSR count). The van der Waals surface area contributed by atoms with Crippen molar-refractivity contribution in [2.75, 3.05) is 6.61 Å². The fourth-order valence-corrected chi connectivity index (χ4v) is 2.60. The monoisotopic (exact) mass is 354 g/mol. The molecule has 0 radical (unpaired) electrons. The first-order chi connectivity index (χ1) is 10.1. The molecule has 0 bridgehead atoms. The highest BCUT2D eigenvalue weighted by Crippen LogP contribution is 2.30. The van der Waals surface area contributed by atoms with Gasteiger partial charge in [0.2, 0.25) is 5.91 Å². The highest BCUT2D eigenvalue weighted by Gasteiger charge is 2.23. The second-order valence-corrected chi connectivity index (χ2v) is 6.40. The van der Waals surface area contributed by atoms with Crippen LogP contribution in [0.15, 0.2) is 22.7 Å². The number of para-hydroxylation sites is 1. The fourth-order valence-electron chi connectivity index (χ4n) is 2.08. The SMILES string of the molecule is CCC(N)Cc1cccc(Br)c1OCCC(=O)NC1CC1. The van der Waals surface area contributed by atoms with E-state index in [1.165, 1.54) is 0 Å². The van der Waals surface area contributed by atoms with Crippen molar-refractivity contribution in [3.8, 4) is 5.75 Å². The number of nitrogens with two attached hydrogens (primary N) is 1. The molecule has 0 saturated heterocycles. The molecule has 0 aromatic heterocycles. The van der Waals surface area contributed by atoms with Crippen LogP contribution in [0.3, 0.4) is 0 Å². The van der Waals surface area contributed by atoms with E-state index in [0.717, 1.165) is 41.5 Å². The summed E-state index contributed by atoms with van der Waals surface area (Å²) in [5.74, 6) is 0.872. The van der Waals surface area contributed by atoms with Crippen LogP contribution in [-0.2, 0) is 11.2 Å². The third-order valence-electron chi connectivity index (χ3n) is 3.57. The standard InChI is InChI=1S/C16H23BrN2O2/c1-2-12(18)10-11-4-3-5-14(17)16(11)21-9-8-15(20)19-13-6-7-13/h3-5,12-13H,2,6-10,18H2,1H3,(H,19,20). The Bertz CT molecular complexity index is 489. The number of nitrogens with one attached hydrogen (secondary N) is 1. The number of carbonyl (C=O) groups excluding carboxylic acids is 1. The molecule has 0 aliphatic heterocycles. The topological polar surface area (TPSA) is 64.3 Å². The van der Waals surface area contributed by atoms with Gasteiger partial charge >= 0.3 is 0 Å². The number of rotatable bonds is 8. The molecular weight excluding hydrogens is 332 g/mol. The third kappa shape index (κ3) is 5.32. The number of benzene rings is 1. The van der Waals surface area contributed by atoms with Crippen LogP contribution < -0.4 is 15.8 Å². The first-order valence-electron chi connectivity index (χ1n) is 7.55. The molecule has 116 valence electrons. The van der Waals surface area contributed by atoms with Gasteiger partial charge in [-0.15, -0.1) is 0 Å².